The normalized spacial score (nSPS) is 30.2. The van der Waals surface area contributed by atoms with E-state index in [1.165, 1.54) is 0 Å². The van der Waals surface area contributed by atoms with Crippen molar-refractivity contribution in [3.63, 3.8) is 0 Å². The van der Waals surface area contributed by atoms with Gasteiger partial charge in [-0.2, -0.15) is 0 Å². The molecule has 0 aromatic rings. The Morgan fingerprint density at radius 2 is 2.07 bits per heavy atom. The molecule has 0 spiro atoms. The first-order chi connectivity index (χ1) is 6.94. The van der Waals surface area contributed by atoms with Crippen LogP contribution in [0.25, 0.3) is 0 Å². The average Bonchev–Trinajstić information content (AvgIpc) is 2.17. The molecule has 0 aromatic carbocycles. The molecule has 1 fully saturated rings. The Kier molecular flexibility index (Phi) is 4.12. The summed E-state index contributed by atoms with van der Waals surface area (Å²) in [5.41, 5.74) is -2.09. The van der Waals surface area contributed by atoms with Gasteiger partial charge in [0.2, 0.25) is 0 Å². The van der Waals surface area contributed by atoms with Gasteiger partial charge in [0.1, 0.15) is 5.60 Å². The lowest BCUT2D eigenvalue weighted by atomic mass is 9.79. The molecule has 1 aliphatic heterocycles. The number of hydrogen-bond acceptors (Lipinski definition) is 4. The second-order valence-electron chi connectivity index (χ2n) is 4.65. The van der Waals surface area contributed by atoms with Gasteiger partial charge >= 0.3 is 0 Å². The molecule has 1 heterocycles. The van der Waals surface area contributed by atoms with Crippen molar-refractivity contribution in [3.8, 4) is 0 Å². The standard InChI is InChI=1S/C11H22O4/c1-4-5-9(12)11(10(2,3)13)8-14-6-7-15-11/h9,12-13H,4-8H2,1-3H3. The highest BCUT2D eigenvalue weighted by Crippen LogP contribution is 2.34. The molecule has 15 heavy (non-hydrogen) atoms. The van der Waals surface area contributed by atoms with Crippen LogP contribution in [0.2, 0.25) is 0 Å². The zero-order chi connectivity index (χ0) is 11.5. The van der Waals surface area contributed by atoms with Gasteiger partial charge < -0.3 is 19.7 Å². The Morgan fingerprint density at radius 1 is 1.40 bits per heavy atom. The molecule has 4 nitrogen and oxygen atoms in total. The third-order valence-corrected chi connectivity index (χ3v) is 3.04. The van der Waals surface area contributed by atoms with Crippen LogP contribution in [0.15, 0.2) is 0 Å². The summed E-state index contributed by atoms with van der Waals surface area (Å²) in [4.78, 5) is 0. The molecule has 0 amide bonds. The average molecular weight is 218 g/mol. The largest absolute Gasteiger partial charge is 0.390 e. The first-order valence-corrected chi connectivity index (χ1v) is 5.56. The third-order valence-electron chi connectivity index (χ3n) is 3.04. The Balaban J connectivity index is 2.84. The Bertz CT molecular complexity index is 191. The maximum atomic E-state index is 10.1. The van der Waals surface area contributed by atoms with Gasteiger partial charge in [0.25, 0.3) is 0 Å². The molecule has 0 aromatic heterocycles. The van der Waals surface area contributed by atoms with Gasteiger partial charge in [-0.15, -0.1) is 0 Å². The van der Waals surface area contributed by atoms with Crippen LogP contribution in [0.5, 0.6) is 0 Å². The molecule has 2 atom stereocenters. The van der Waals surface area contributed by atoms with E-state index in [0.29, 0.717) is 19.6 Å². The zero-order valence-electron chi connectivity index (χ0n) is 9.82. The second kappa shape index (κ2) is 4.78. The van der Waals surface area contributed by atoms with Crippen LogP contribution in [0.4, 0.5) is 0 Å². The van der Waals surface area contributed by atoms with Crippen molar-refractivity contribution in [1.29, 1.82) is 0 Å². The lowest BCUT2D eigenvalue weighted by molar-refractivity contribution is -0.270. The Hall–Kier alpha value is -0.160. The predicted octanol–water partition coefficient (Wildman–Crippen LogP) is 0.704. The van der Waals surface area contributed by atoms with E-state index in [0.717, 1.165) is 6.42 Å². The van der Waals surface area contributed by atoms with Crippen LogP contribution in [0.3, 0.4) is 0 Å². The van der Waals surface area contributed by atoms with Crippen molar-refractivity contribution in [3.05, 3.63) is 0 Å². The maximum absolute atomic E-state index is 10.1. The summed E-state index contributed by atoms with van der Waals surface area (Å²) in [5.74, 6) is 0. The van der Waals surface area contributed by atoms with Gasteiger partial charge in [0.05, 0.1) is 31.5 Å². The molecule has 90 valence electrons. The maximum Gasteiger partial charge on any atom is 0.145 e. The number of hydrogen-bond donors (Lipinski definition) is 2. The second-order valence-corrected chi connectivity index (χ2v) is 4.65. The van der Waals surface area contributed by atoms with Crippen molar-refractivity contribution < 1.29 is 19.7 Å². The minimum absolute atomic E-state index is 0.248. The third kappa shape index (κ3) is 2.50. The molecule has 2 unspecified atom stereocenters. The molecular weight excluding hydrogens is 196 g/mol. The lowest BCUT2D eigenvalue weighted by Gasteiger charge is -2.48. The summed E-state index contributed by atoms with van der Waals surface area (Å²) in [6.07, 6.45) is 0.762. The highest BCUT2D eigenvalue weighted by atomic mass is 16.6. The van der Waals surface area contributed by atoms with Crippen LogP contribution in [0, 0.1) is 0 Å². The van der Waals surface area contributed by atoms with Gasteiger partial charge in [-0.3, -0.25) is 0 Å². The monoisotopic (exact) mass is 218 g/mol. The fraction of sp³-hybridized carbons (Fsp3) is 1.00. The summed E-state index contributed by atoms with van der Waals surface area (Å²) in [7, 11) is 0. The summed E-state index contributed by atoms with van der Waals surface area (Å²) < 4.78 is 11.0. The van der Waals surface area contributed by atoms with Crippen molar-refractivity contribution >= 4 is 0 Å². The molecule has 1 saturated heterocycles. The molecule has 1 rings (SSSR count). The van der Waals surface area contributed by atoms with E-state index in [4.69, 9.17) is 9.47 Å². The SMILES string of the molecule is CCCC(O)C1(C(C)(C)O)COCCO1. The number of aliphatic hydroxyl groups is 2. The molecule has 0 aliphatic carbocycles. The van der Waals surface area contributed by atoms with Crippen LogP contribution in [-0.4, -0.2) is 47.3 Å². The summed E-state index contributed by atoms with van der Waals surface area (Å²) in [6, 6.07) is 0. The first-order valence-electron chi connectivity index (χ1n) is 5.56. The van der Waals surface area contributed by atoms with Crippen LogP contribution in [-0.2, 0) is 9.47 Å². The lowest BCUT2D eigenvalue weighted by Crippen LogP contribution is -2.64. The smallest absolute Gasteiger partial charge is 0.145 e. The van der Waals surface area contributed by atoms with Crippen molar-refractivity contribution in [1.82, 2.24) is 0 Å². The van der Waals surface area contributed by atoms with E-state index in [1.54, 1.807) is 13.8 Å². The van der Waals surface area contributed by atoms with E-state index >= 15 is 0 Å². The molecule has 2 N–H and O–H groups in total. The van der Waals surface area contributed by atoms with E-state index < -0.39 is 17.3 Å². The Labute approximate surface area is 91.2 Å². The number of aliphatic hydroxyl groups excluding tert-OH is 1. The van der Waals surface area contributed by atoms with Crippen molar-refractivity contribution in [2.24, 2.45) is 0 Å². The van der Waals surface area contributed by atoms with E-state index in [2.05, 4.69) is 0 Å². The van der Waals surface area contributed by atoms with E-state index in [1.807, 2.05) is 6.92 Å². The first kappa shape index (κ1) is 12.9. The fourth-order valence-corrected chi connectivity index (χ4v) is 2.01. The van der Waals surface area contributed by atoms with Gasteiger partial charge in [0, 0.05) is 0 Å². The number of rotatable bonds is 4. The van der Waals surface area contributed by atoms with Gasteiger partial charge in [-0.1, -0.05) is 13.3 Å². The highest BCUT2D eigenvalue weighted by molar-refractivity contribution is 5.02. The molecule has 4 heteroatoms. The van der Waals surface area contributed by atoms with Crippen molar-refractivity contribution in [2.45, 2.75) is 50.9 Å². The minimum atomic E-state index is -1.11. The Morgan fingerprint density at radius 3 is 2.47 bits per heavy atom. The number of ether oxygens (including phenoxy) is 2. The predicted molar refractivity (Wildman–Crippen MR) is 56.7 cm³/mol. The summed E-state index contributed by atoms with van der Waals surface area (Å²) in [6.45, 7) is 6.49. The van der Waals surface area contributed by atoms with Crippen LogP contribution >= 0.6 is 0 Å². The summed E-state index contributed by atoms with van der Waals surface area (Å²) in [5, 5.41) is 20.2. The van der Waals surface area contributed by atoms with Gasteiger partial charge in [-0.05, 0) is 20.3 Å². The highest BCUT2D eigenvalue weighted by Gasteiger charge is 2.52. The molecular formula is C11H22O4. The molecule has 1 aliphatic rings. The van der Waals surface area contributed by atoms with Gasteiger partial charge in [0.15, 0.2) is 0 Å². The zero-order valence-corrected chi connectivity index (χ0v) is 9.82. The minimum Gasteiger partial charge on any atom is -0.390 e. The van der Waals surface area contributed by atoms with E-state index in [-0.39, 0.29) is 6.61 Å². The molecule has 0 saturated carbocycles. The van der Waals surface area contributed by atoms with Crippen LogP contribution in [0.1, 0.15) is 33.6 Å². The summed E-state index contributed by atoms with van der Waals surface area (Å²) >= 11 is 0. The van der Waals surface area contributed by atoms with E-state index in [9.17, 15) is 10.2 Å². The molecule has 0 bridgehead atoms. The topological polar surface area (TPSA) is 58.9 Å². The fourth-order valence-electron chi connectivity index (χ4n) is 2.01. The van der Waals surface area contributed by atoms with Gasteiger partial charge in [-0.25, -0.2) is 0 Å². The van der Waals surface area contributed by atoms with Crippen molar-refractivity contribution in [2.75, 3.05) is 19.8 Å². The molecule has 0 radical (unpaired) electrons. The van der Waals surface area contributed by atoms with Crippen LogP contribution < -0.4 is 0 Å². The quantitative estimate of drug-likeness (QED) is 0.729.